The third kappa shape index (κ3) is 2.59. The molecule has 1 atom stereocenters. The van der Waals surface area contributed by atoms with Crippen molar-refractivity contribution in [1.29, 1.82) is 0 Å². The Morgan fingerprint density at radius 1 is 1.43 bits per heavy atom. The molecule has 1 amide bonds. The third-order valence-corrected chi connectivity index (χ3v) is 3.88. The average molecular weight is 284 g/mol. The van der Waals surface area contributed by atoms with Crippen LogP contribution in [0.2, 0.25) is 0 Å². The lowest BCUT2D eigenvalue weighted by Gasteiger charge is -2.17. The SMILES string of the molecule is COC(=O)C1CC(=O)N(Cc2cccc3cnccc23)C1. The molecule has 3 rings (SSSR count). The number of carbonyl (C=O) groups excluding carboxylic acids is 2. The minimum absolute atomic E-state index is 0.00328. The highest BCUT2D eigenvalue weighted by Crippen LogP contribution is 2.24. The second-order valence-corrected chi connectivity index (χ2v) is 5.21. The van der Waals surface area contributed by atoms with E-state index in [1.807, 2.05) is 30.5 Å². The van der Waals surface area contributed by atoms with Gasteiger partial charge >= 0.3 is 5.97 Å². The Labute approximate surface area is 122 Å². The topological polar surface area (TPSA) is 59.5 Å². The van der Waals surface area contributed by atoms with Gasteiger partial charge in [0.1, 0.15) is 0 Å². The van der Waals surface area contributed by atoms with Crippen molar-refractivity contribution in [3.05, 3.63) is 42.2 Å². The van der Waals surface area contributed by atoms with Crippen molar-refractivity contribution >= 4 is 22.6 Å². The van der Waals surface area contributed by atoms with Gasteiger partial charge in [-0.25, -0.2) is 0 Å². The van der Waals surface area contributed by atoms with Crippen molar-refractivity contribution in [2.45, 2.75) is 13.0 Å². The van der Waals surface area contributed by atoms with E-state index in [4.69, 9.17) is 4.74 Å². The first kappa shape index (κ1) is 13.5. The summed E-state index contributed by atoms with van der Waals surface area (Å²) in [6, 6.07) is 7.90. The lowest BCUT2D eigenvalue weighted by molar-refractivity contribution is -0.145. The second kappa shape index (κ2) is 5.52. The molecule has 21 heavy (non-hydrogen) atoms. The molecule has 5 heteroatoms. The molecule has 5 nitrogen and oxygen atoms in total. The zero-order valence-electron chi connectivity index (χ0n) is 11.8. The van der Waals surface area contributed by atoms with Crippen LogP contribution in [0.25, 0.3) is 10.8 Å². The molecule has 0 saturated carbocycles. The molecule has 0 bridgehead atoms. The summed E-state index contributed by atoms with van der Waals surface area (Å²) in [6.45, 7) is 0.931. The number of hydrogen-bond acceptors (Lipinski definition) is 4. The number of carbonyl (C=O) groups is 2. The maximum absolute atomic E-state index is 12.1. The molecule has 2 heterocycles. The number of esters is 1. The van der Waals surface area contributed by atoms with Crippen LogP contribution in [0.15, 0.2) is 36.7 Å². The zero-order valence-corrected chi connectivity index (χ0v) is 11.8. The average Bonchev–Trinajstić information content (AvgIpc) is 2.88. The molecule has 0 aliphatic carbocycles. The highest BCUT2D eigenvalue weighted by molar-refractivity contribution is 5.88. The Balaban J connectivity index is 1.83. The minimum Gasteiger partial charge on any atom is -0.469 e. The Hall–Kier alpha value is -2.43. The van der Waals surface area contributed by atoms with E-state index in [9.17, 15) is 9.59 Å². The molecule has 1 fully saturated rings. The molecule has 0 radical (unpaired) electrons. The number of nitrogens with zero attached hydrogens (tertiary/aromatic N) is 2. The van der Waals surface area contributed by atoms with Gasteiger partial charge in [-0.15, -0.1) is 0 Å². The number of aromatic nitrogens is 1. The van der Waals surface area contributed by atoms with E-state index in [1.165, 1.54) is 7.11 Å². The number of pyridine rings is 1. The van der Waals surface area contributed by atoms with Gasteiger partial charge in [-0.2, -0.15) is 0 Å². The van der Waals surface area contributed by atoms with Gasteiger partial charge in [-0.05, 0) is 17.0 Å². The predicted octanol–water partition coefficient (Wildman–Crippen LogP) is 1.76. The summed E-state index contributed by atoms with van der Waals surface area (Å²) >= 11 is 0. The third-order valence-electron chi connectivity index (χ3n) is 3.88. The maximum atomic E-state index is 12.1. The number of likely N-dealkylation sites (tertiary alicyclic amines) is 1. The fraction of sp³-hybridized carbons (Fsp3) is 0.312. The molecule has 108 valence electrons. The summed E-state index contributed by atoms with van der Waals surface area (Å²) in [5.41, 5.74) is 1.06. The molecule has 0 spiro atoms. The van der Waals surface area contributed by atoms with Gasteiger partial charge in [-0.1, -0.05) is 18.2 Å². The highest BCUT2D eigenvalue weighted by Gasteiger charge is 2.34. The summed E-state index contributed by atoms with van der Waals surface area (Å²) in [4.78, 5) is 29.4. The highest BCUT2D eigenvalue weighted by atomic mass is 16.5. The zero-order chi connectivity index (χ0) is 14.8. The van der Waals surface area contributed by atoms with Crippen LogP contribution in [0.1, 0.15) is 12.0 Å². The van der Waals surface area contributed by atoms with Crippen LogP contribution in [0.3, 0.4) is 0 Å². The molecule has 2 aromatic rings. The van der Waals surface area contributed by atoms with E-state index in [0.717, 1.165) is 16.3 Å². The first-order valence-electron chi connectivity index (χ1n) is 6.86. The van der Waals surface area contributed by atoms with Crippen molar-refractivity contribution in [3.8, 4) is 0 Å². The van der Waals surface area contributed by atoms with Crippen molar-refractivity contribution in [2.24, 2.45) is 5.92 Å². The van der Waals surface area contributed by atoms with Gasteiger partial charge in [0.2, 0.25) is 5.91 Å². The van der Waals surface area contributed by atoms with Gasteiger partial charge in [0.05, 0.1) is 13.0 Å². The second-order valence-electron chi connectivity index (χ2n) is 5.21. The Bertz CT molecular complexity index is 693. The largest absolute Gasteiger partial charge is 0.469 e. The molecule has 1 aromatic carbocycles. The van der Waals surface area contributed by atoms with Crippen LogP contribution in [-0.4, -0.2) is 35.4 Å². The van der Waals surface area contributed by atoms with Gasteiger partial charge < -0.3 is 9.64 Å². The van der Waals surface area contributed by atoms with Crippen LogP contribution < -0.4 is 0 Å². The molecule has 1 aliphatic heterocycles. The summed E-state index contributed by atoms with van der Waals surface area (Å²) in [5.74, 6) is -0.663. The van der Waals surface area contributed by atoms with Crippen molar-refractivity contribution in [2.75, 3.05) is 13.7 Å². The van der Waals surface area contributed by atoms with Crippen LogP contribution in [0, 0.1) is 5.92 Å². The molecule has 1 saturated heterocycles. The fourth-order valence-electron chi connectivity index (χ4n) is 2.78. The van der Waals surface area contributed by atoms with Gasteiger partial charge in [0.25, 0.3) is 0 Å². The van der Waals surface area contributed by atoms with E-state index < -0.39 is 0 Å². The minimum atomic E-state index is -0.348. The molecule has 0 N–H and O–H groups in total. The maximum Gasteiger partial charge on any atom is 0.310 e. The predicted molar refractivity (Wildman–Crippen MR) is 77.3 cm³/mol. The molecular formula is C16H16N2O3. The summed E-state index contributed by atoms with van der Waals surface area (Å²) in [6.07, 6.45) is 3.79. The smallest absolute Gasteiger partial charge is 0.310 e. The molecule has 1 aliphatic rings. The first-order valence-corrected chi connectivity index (χ1v) is 6.86. The van der Waals surface area contributed by atoms with Crippen LogP contribution in [-0.2, 0) is 20.9 Å². The fourth-order valence-corrected chi connectivity index (χ4v) is 2.78. The molecular weight excluding hydrogens is 268 g/mol. The normalized spacial score (nSPS) is 18.2. The number of fused-ring (bicyclic) bond motifs is 1. The quantitative estimate of drug-likeness (QED) is 0.806. The van der Waals surface area contributed by atoms with E-state index in [2.05, 4.69) is 4.98 Å². The Morgan fingerprint density at radius 2 is 2.29 bits per heavy atom. The van der Waals surface area contributed by atoms with E-state index in [-0.39, 0.29) is 24.2 Å². The van der Waals surface area contributed by atoms with E-state index in [1.54, 1.807) is 11.1 Å². The summed E-state index contributed by atoms with van der Waals surface area (Å²) < 4.78 is 4.73. The lowest BCUT2D eigenvalue weighted by Crippen LogP contribution is -2.26. The van der Waals surface area contributed by atoms with Gasteiger partial charge in [-0.3, -0.25) is 14.6 Å². The standard InChI is InChI=1S/C16H16N2O3/c1-21-16(20)13-7-15(19)18(10-13)9-12-4-2-3-11-8-17-6-5-14(11)12/h2-6,8,13H,7,9-10H2,1H3. The van der Waals surface area contributed by atoms with Gasteiger partial charge in [0.15, 0.2) is 0 Å². The number of ether oxygens (including phenoxy) is 1. The summed E-state index contributed by atoms with van der Waals surface area (Å²) in [5, 5.41) is 2.13. The first-order chi connectivity index (χ1) is 10.2. The number of amides is 1. The number of benzene rings is 1. The van der Waals surface area contributed by atoms with Crippen molar-refractivity contribution in [1.82, 2.24) is 9.88 Å². The van der Waals surface area contributed by atoms with Crippen LogP contribution >= 0.6 is 0 Å². The lowest BCUT2D eigenvalue weighted by atomic mass is 10.1. The van der Waals surface area contributed by atoms with E-state index in [0.29, 0.717) is 13.1 Å². The monoisotopic (exact) mass is 284 g/mol. The Morgan fingerprint density at radius 3 is 3.10 bits per heavy atom. The Kier molecular flexibility index (Phi) is 3.56. The van der Waals surface area contributed by atoms with Crippen molar-refractivity contribution < 1.29 is 14.3 Å². The van der Waals surface area contributed by atoms with Crippen molar-refractivity contribution in [3.63, 3.8) is 0 Å². The summed E-state index contributed by atoms with van der Waals surface area (Å²) in [7, 11) is 1.35. The van der Waals surface area contributed by atoms with E-state index >= 15 is 0 Å². The molecule has 1 aromatic heterocycles. The number of rotatable bonds is 3. The van der Waals surface area contributed by atoms with Crippen LogP contribution in [0.4, 0.5) is 0 Å². The van der Waals surface area contributed by atoms with Gasteiger partial charge in [0, 0.05) is 37.3 Å². The molecule has 1 unspecified atom stereocenters. The number of hydrogen-bond donors (Lipinski definition) is 0. The number of methoxy groups -OCH3 is 1. The van der Waals surface area contributed by atoms with Crippen LogP contribution in [0.5, 0.6) is 0 Å².